The van der Waals surface area contributed by atoms with E-state index in [2.05, 4.69) is 5.10 Å². The Balaban J connectivity index is 2.20. The van der Waals surface area contributed by atoms with Gasteiger partial charge in [-0.25, -0.2) is 4.68 Å². The van der Waals surface area contributed by atoms with Gasteiger partial charge in [-0.1, -0.05) is 12.1 Å². The van der Waals surface area contributed by atoms with E-state index in [0.717, 1.165) is 11.3 Å². The maximum absolute atomic E-state index is 11.7. The van der Waals surface area contributed by atoms with Gasteiger partial charge in [0.15, 0.2) is 0 Å². The minimum absolute atomic E-state index is 0.190. The molecular formula is C13H14N2O3. The Bertz CT molecular complexity index is 576. The van der Waals surface area contributed by atoms with Gasteiger partial charge in [0.25, 0.3) is 5.56 Å². The summed E-state index contributed by atoms with van der Waals surface area (Å²) in [7, 11) is 3.12. The Kier molecular flexibility index (Phi) is 3.62. The highest BCUT2D eigenvalue weighted by atomic mass is 16.5. The normalized spacial score (nSPS) is 10.1. The van der Waals surface area contributed by atoms with E-state index in [1.165, 1.54) is 24.1 Å². The average Bonchev–Trinajstić information content (AvgIpc) is 2.42. The van der Waals surface area contributed by atoms with Crippen LogP contribution in [0.2, 0.25) is 0 Å². The summed E-state index contributed by atoms with van der Waals surface area (Å²) in [6.45, 7) is 0.423. The minimum Gasteiger partial charge on any atom is -0.497 e. The lowest BCUT2D eigenvalue weighted by molar-refractivity contribution is 0.407. The Morgan fingerprint density at radius 1 is 1.11 bits per heavy atom. The second-order valence-electron chi connectivity index (χ2n) is 3.74. The maximum atomic E-state index is 11.7. The molecule has 0 unspecified atom stereocenters. The highest BCUT2D eigenvalue weighted by Crippen LogP contribution is 2.11. The monoisotopic (exact) mass is 246 g/mol. The summed E-state index contributed by atoms with van der Waals surface area (Å²) >= 11 is 0. The Morgan fingerprint density at radius 2 is 1.78 bits per heavy atom. The molecule has 0 bridgehead atoms. The van der Waals surface area contributed by atoms with Crippen LogP contribution < -0.4 is 15.0 Å². The van der Waals surface area contributed by atoms with Crippen LogP contribution in [0.4, 0.5) is 0 Å². The number of aromatic nitrogens is 2. The van der Waals surface area contributed by atoms with Gasteiger partial charge in [0.05, 0.1) is 27.0 Å². The lowest BCUT2D eigenvalue weighted by Crippen LogP contribution is -2.22. The predicted molar refractivity (Wildman–Crippen MR) is 67.1 cm³/mol. The van der Waals surface area contributed by atoms with Gasteiger partial charge in [-0.3, -0.25) is 4.79 Å². The number of benzene rings is 1. The Labute approximate surface area is 105 Å². The van der Waals surface area contributed by atoms with Gasteiger partial charge in [0, 0.05) is 6.07 Å². The van der Waals surface area contributed by atoms with Gasteiger partial charge in [-0.15, -0.1) is 0 Å². The molecule has 2 rings (SSSR count). The summed E-state index contributed by atoms with van der Waals surface area (Å²) in [6, 6.07) is 8.92. The van der Waals surface area contributed by atoms with Crippen molar-refractivity contribution in [3.8, 4) is 11.5 Å². The molecule has 0 aliphatic carbocycles. The SMILES string of the molecule is COc1ccc(Cn2ncc(OC)cc2=O)cc1. The van der Waals surface area contributed by atoms with Crippen molar-refractivity contribution in [2.45, 2.75) is 6.54 Å². The molecule has 0 amide bonds. The van der Waals surface area contributed by atoms with Crippen LogP contribution in [-0.4, -0.2) is 24.0 Å². The maximum Gasteiger partial charge on any atom is 0.270 e. The summed E-state index contributed by atoms with van der Waals surface area (Å²) in [4.78, 5) is 11.7. The molecule has 0 aliphatic rings. The zero-order chi connectivity index (χ0) is 13.0. The van der Waals surface area contributed by atoms with Crippen molar-refractivity contribution in [2.75, 3.05) is 14.2 Å². The van der Waals surface area contributed by atoms with Crippen LogP contribution >= 0.6 is 0 Å². The van der Waals surface area contributed by atoms with E-state index in [0.29, 0.717) is 12.3 Å². The Hall–Kier alpha value is -2.30. The molecular weight excluding hydrogens is 232 g/mol. The standard InChI is InChI=1S/C13H14N2O3/c1-17-11-5-3-10(4-6-11)9-15-13(16)7-12(18-2)8-14-15/h3-8H,9H2,1-2H3. The smallest absolute Gasteiger partial charge is 0.270 e. The minimum atomic E-state index is -0.190. The van der Waals surface area contributed by atoms with Crippen molar-refractivity contribution in [3.05, 3.63) is 52.4 Å². The topological polar surface area (TPSA) is 53.4 Å². The Morgan fingerprint density at radius 3 is 2.33 bits per heavy atom. The number of nitrogens with zero attached hydrogens (tertiary/aromatic N) is 2. The van der Waals surface area contributed by atoms with Crippen molar-refractivity contribution in [2.24, 2.45) is 0 Å². The molecule has 0 N–H and O–H groups in total. The molecule has 0 saturated carbocycles. The average molecular weight is 246 g/mol. The third-order valence-electron chi connectivity index (χ3n) is 2.57. The number of ether oxygens (including phenoxy) is 2. The quantitative estimate of drug-likeness (QED) is 0.816. The molecule has 18 heavy (non-hydrogen) atoms. The lowest BCUT2D eigenvalue weighted by Gasteiger charge is -2.06. The van der Waals surface area contributed by atoms with Gasteiger partial charge in [-0.2, -0.15) is 5.10 Å². The molecule has 0 atom stereocenters. The molecule has 5 nitrogen and oxygen atoms in total. The first kappa shape index (κ1) is 12.2. The summed E-state index contributed by atoms with van der Waals surface area (Å²) in [5.74, 6) is 1.25. The molecule has 0 radical (unpaired) electrons. The van der Waals surface area contributed by atoms with E-state index in [9.17, 15) is 4.79 Å². The van der Waals surface area contributed by atoms with Crippen LogP contribution in [0.3, 0.4) is 0 Å². The summed E-state index contributed by atoms with van der Waals surface area (Å²) in [5, 5.41) is 4.03. The van der Waals surface area contributed by atoms with Crippen LogP contribution in [-0.2, 0) is 6.54 Å². The number of hydrogen-bond acceptors (Lipinski definition) is 4. The zero-order valence-electron chi connectivity index (χ0n) is 10.3. The number of methoxy groups -OCH3 is 2. The fourth-order valence-electron chi connectivity index (χ4n) is 1.55. The largest absolute Gasteiger partial charge is 0.497 e. The second-order valence-corrected chi connectivity index (χ2v) is 3.74. The highest BCUT2D eigenvalue weighted by molar-refractivity contribution is 5.27. The fourth-order valence-corrected chi connectivity index (χ4v) is 1.55. The molecule has 0 fully saturated rings. The number of rotatable bonds is 4. The molecule has 5 heteroatoms. The van der Waals surface area contributed by atoms with Gasteiger partial charge < -0.3 is 9.47 Å². The van der Waals surface area contributed by atoms with Crippen LogP contribution in [0.15, 0.2) is 41.3 Å². The fraction of sp³-hybridized carbons (Fsp3) is 0.231. The summed E-state index contributed by atoms with van der Waals surface area (Å²) in [6.07, 6.45) is 1.52. The number of hydrogen-bond donors (Lipinski definition) is 0. The molecule has 94 valence electrons. The van der Waals surface area contributed by atoms with Crippen molar-refractivity contribution in [1.29, 1.82) is 0 Å². The van der Waals surface area contributed by atoms with Gasteiger partial charge >= 0.3 is 0 Å². The van der Waals surface area contributed by atoms with Crippen molar-refractivity contribution in [3.63, 3.8) is 0 Å². The highest BCUT2D eigenvalue weighted by Gasteiger charge is 2.01. The summed E-state index contributed by atoms with van der Waals surface area (Å²) in [5.41, 5.74) is 0.792. The van der Waals surface area contributed by atoms with Crippen LogP contribution in [0.5, 0.6) is 11.5 Å². The van der Waals surface area contributed by atoms with Crippen LogP contribution in [0.25, 0.3) is 0 Å². The third kappa shape index (κ3) is 2.68. The van der Waals surface area contributed by atoms with E-state index in [1.807, 2.05) is 24.3 Å². The first-order valence-electron chi connectivity index (χ1n) is 5.47. The van der Waals surface area contributed by atoms with Crippen molar-refractivity contribution < 1.29 is 9.47 Å². The van der Waals surface area contributed by atoms with E-state index in [-0.39, 0.29) is 5.56 Å². The molecule has 1 aromatic heterocycles. The van der Waals surface area contributed by atoms with E-state index in [1.54, 1.807) is 7.11 Å². The zero-order valence-corrected chi connectivity index (χ0v) is 10.3. The first-order chi connectivity index (χ1) is 8.72. The third-order valence-corrected chi connectivity index (χ3v) is 2.57. The second kappa shape index (κ2) is 5.35. The lowest BCUT2D eigenvalue weighted by atomic mass is 10.2. The van der Waals surface area contributed by atoms with Crippen molar-refractivity contribution >= 4 is 0 Å². The van der Waals surface area contributed by atoms with Gasteiger partial charge in [0.1, 0.15) is 11.5 Å². The molecule has 1 heterocycles. The molecule has 1 aromatic carbocycles. The van der Waals surface area contributed by atoms with Crippen molar-refractivity contribution in [1.82, 2.24) is 9.78 Å². The van der Waals surface area contributed by atoms with Crippen LogP contribution in [0, 0.1) is 0 Å². The predicted octanol–water partition coefficient (Wildman–Crippen LogP) is 1.31. The molecule has 0 saturated heterocycles. The molecule has 2 aromatic rings. The molecule has 0 spiro atoms. The summed E-state index contributed by atoms with van der Waals surface area (Å²) < 4.78 is 11.4. The molecule has 0 aliphatic heterocycles. The van der Waals surface area contributed by atoms with E-state index < -0.39 is 0 Å². The van der Waals surface area contributed by atoms with Crippen LogP contribution in [0.1, 0.15) is 5.56 Å². The first-order valence-corrected chi connectivity index (χ1v) is 5.47. The van der Waals surface area contributed by atoms with E-state index in [4.69, 9.17) is 9.47 Å². The van der Waals surface area contributed by atoms with Gasteiger partial charge in [-0.05, 0) is 17.7 Å². The van der Waals surface area contributed by atoms with Gasteiger partial charge in [0.2, 0.25) is 0 Å². The van der Waals surface area contributed by atoms with E-state index >= 15 is 0 Å².